The van der Waals surface area contributed by atoms with Gasteiger partial charge in [0.2, 0.25) is 0 Å². The number of nitriles is 1. The highest BCUT2D eigenvalue weighted by Crippen LogP contribution is 2.21. The molecule has 0 amide bonds. The van der Waals surface area contributed by atoms with E-state index >= 15 is 0 Å². The van der Waals surface area contributed by atoms with Gasteiger partial charge in [0.15, 0.2) is 0 Å². The predicted molar refractivity (Wildman–Crippen MR) is 46.4 cm³/mol. The molecule has 0 saturated carbocycles. The maximum absolute atomic E-state index is 13.3. The standard InChI is InChI=1S/C10H10FNO/c1-2-9(13)8-5-3-4-7(6-12)10(8)11/h3-5,9,13H,2H2,1H3. The Morgan fingerprint density at radius 3 is 2.85 bits per heavy atom. The molecule has 3 heteroatoms. The van der Waals surface area contributed by atoms with E-state index in [2.05, 4.69) is 0 Å². The molecule has 1 atom stereocenters. The lowest BCUT2D eigenvalue weighted by molar-refractivity contribution is 0.169. The van der Waals surface area contributed by atoms with Gasteiger partial charge in [-0.2, -0.15) is 5.26 Å². The van der Waals surface area contributed by atoms with Crippen LogP contribution in [0.4, 0.5) is 4.39 Å². The summed E-state index contributed by atoms with van der Waals surface area (Å²) in [6.07, 6.45) is -0.389. The van der Waals surface area contributed by atoms with Crippen molar-refractivity contribution >= 4 is 0 Å². The van der Waals surface area contributed by atoms with Crippen LogP contribution in [-0.2, 0) is 0 Å². The van der Waals surface area contributed by atoms with Crippen LogP contribution in [0.1, 0.15) is 30.6 Å². The Labute approximate surface area is 76.2 Å². The van der Waals surface area contributed by atoms with Crippen LogP contribution in [0.5, 0.6) is 0 Å². The van der Waals surface area contributed by atoms with E-state index in [1.165, 1.54) is 12.1 Å². The van der Waals surface area contributed by atoms with E-state index in [1.807, 2.05) is 0 Å². The monoisotopic (exact) mass is 179 g/mol. The molecular weight excluding hydrogens is 169 g/mol. The van der Waals surface area contributed by atoms with Gasteiger partial charge in [-0.25, -0.2) is 4.39 Å². The summed E-state index contributed by atoms with van der Waals surface area (Å²) >= 11 is 0. The summed E-state index contributed by atoms with van der Waals surface area (Å²) in [5.74, 6) is -0.612. The van der Waals surface area contributed by atoms with Gasteiger partial charge in [0.1, 0.15) is 11.9 Å². The molecule has 0 aliphatic heterocycles. The van der Waals surface area contributed by atoms with Crippen LogP contribution in [0.3, 0.4) is 0 Å². The molecule has 1 unspecified atom stereocenters. The Bertz CT molecular complexity index is 343. The highest BCUT2D eigenvalue weighted by atomic mass is 19.1. The Morgan fingerprint density at radius 2 is 2.31 bits per heavy atom. The number of halogens is 1. The summed E-state index contributed by atoms with van der Waals surface area (Å²) in [5, 5.41) is 17.9. The summed E-state index contributed by atoms with van der Waals surface area (Å²) in [7, 11) is 0. The van der Waals surface area contributed by atoms with Crippen molar-refractivity contribution in [2.75, 3.05) is 0 Å². The Morgan fingerprint density at radius 1 is 1.62 bits per heavy atom. The van der Waals surface area contributed by atoms with Crippen LogP contribution in [0, 0.1) is 17.1 Å². The van der Waals surface area contributed by atoms with Crippen LogP contribution in [0.15, 0.2) is 18.2 Å². The SMILES string of the molecule is CCC(O)c1cccc(C#N)c1F. The predicted octanol–water partition coefficient (Wildman–Crippen LogP) is 2.14. The first-order valence-corrected chi connectivity index (χ1v) is 4.07. The molecule has 1 aromatic carbocycles. The molecule has 0 aromatic heterocycles. The zero-order valence-electron chi connectivity index (χ0n) is 7.29. The molecular formula is C10H10FNO. The van der Waals surface area contributed by atoms with Gasteiger partial charge >= 0.3 is 0 Å². The van der Waals surface area contributed by atoms with Gasteiger partial charge in [0.25, 0.3) is 0 Å². The molecule has 0 bridgehead atoms. The second-order valence-corrected chi connectivity index (χ2v) is 2.74. The topological polar surface area (TPSA) is 44.0 Å². The molecule has 0 radical (unpaired) electrons. The zero-order chi connectivity index (χ0) is 9.84. The number of benzene rings is 1. The second kappa shape index (κ2) is 4.01. The number of hydrogen-bond donors (Lipinski definition) is 1. The Balaban J connectivity index is 3.17. The van der Waals surface area contributed by atoms with Gasteiger partial charge in [-0.05, 0) is 12.5 Å². The second-order valence-electron chi connectivity index (χ2n) is 2.74. The molecule has 0 heterocycles. The largest absolute Gasteiger partial charge is 0.388 e. The van der Waals surface area contributed by atoms with Gasteiger partial charge in [0.05, 0.1) is 11.7 Å². The number of hydrogen-bond acceptors (Lipinski definition) is 2. The zero-order valence-corrected chi connectivity index (χ0v) is 7.29. The Kier molecular flexibility index (Phi) is 2.99. The van der Waals surface area contributed by atoms with Crippen molar-refractivity contribution < 1.29 is 9.50 Å². The fraction of sp³-hybridized carbons (Fsp3) is 0.300. The van der Waals surface area contributed by atoms with Crippen molar-refractivity contribution in [3.8, 4) is 6.07 Å². The maximum Gasteiger partial charge on any atom is 0.146 e. The first kappa shape index (κ1) is 9.69. The summed E-state index contributed by atoms with van der Waals surface area (Å²) in [4.78, 5) is 0. The highest BCUT2D eigenvalue weighted by molar-refractivity contribution is 5.35. The molecule has 1 rings (SSSR count). The van der Waals surface area contributed by atoms with E-state index in [-0.39, 0.29) is 11.1 Å². The van der Waals surface area contributed by atoms with Crippen molar-refractivity contribution in [2.45, 2.75) is 19.4 Å². The van der Waals surface area contributed by atoms with Crippen molar-refractivity contribution in [3.63, 3.8) is 0 Å². The van der Waals surface area contributed by atoms with Gasteiger partial charge in [-0.3, -0.25) is 0 Å². The van der Waals surface area contributed by atoms with E-state index in [0.717, 1.165) is 0 Å². The smallest absolute Gasteiger partial charge is 0.146 e. The fourth-order valence-electron chi connectivity index (χ4n) is 1.11. The van der Waals surface area contributed by atoms with Gasteiger partial charge in [-0.15, -0.1) is 0 Å². The van der Waals surface area contributed by atoms with Crippen LogP contribution < -0.4 is 0 Å². The molecule has 0 fully saturated rings. The molecule has 68 valence electrons. The first-order chi connectivity index (χ1) is 6.20. The lowest BCUT2D eigenvalue weighted by Gasteiger charge is -2.09. The molecule has 0 saturated heterocycles. The lowest BCUT2D eigenvalue weighted by Crippen LogP contribution is -2.00. The average molecular weight is 179 g/mol. The molecule has 1 N–H and O–H groups in total. The van der Waals surface area contributed by atoms with Crippen molar-refractivity contribution in [2.24, 2.45) is 0 Å². The third-order valence-electron chi connectivity index (χ3n) is 1.89. The van der Waals surface area contributed by atoms with E-state index < -0.39 is 11.9 Å². The van der Waals surface area contributed by atoms with Crippen molar-refractivity contribution in [1.29, 1.82) is 5.26 Å². The first-order valence-electron chi connectivity index (χ1n) is 4.07. The Hall–Kier alpha value is -1.40. The summed E-state index contributed by atoms with van der Waals surface area (Å²) in [6, 6.07) is 6.17. The summed E-state index contributed by atoms with van der Waals surface area (Å²) < 4.78 is 13.3. The summed E-state index contributed by atoms with van der Waals surface area (Å²) in [6.45, 7) is 1.75. The molecule has 0 aliphatic rings. The third kappa shape index (κ3) is 1.85. The minimum atomic E-state index is -0.826. The quantitative estimate of drug-likeness (QED) is 0.755. The van der Waals surface area contributed by atoms with E-state index in [9.17, 15) is 9.50 Å². The summed E-state index contributed by atoms with van der Waals surface area (Å²) in [5.41, 5.74) is 0.173. The molecule has 0 spiro atoms. The molecule has 13 heavy (non-hydrogen) atoms. The normalized spacial score (nSPS) is 12.2. The number of aliphatic hydroxyl groups excluding tert-OH is 1. The van der Waals surface area contributed by atoms with Gasteiger partial charge < -0.3 is 5.11 Å². The van der Waals surface area contributed by atoms with Crippen molar-refractivity contribution in [1.82, 2.24) is 0 Å². The van der Waals surface area contributed by atoms with Gasteiger partial charge in [-0.1, -0.05) is 19.1 Å². The minimum absolute atomic E-state index is 0.0231. The lowest BCUT2D eigenvalue weighted by atomic mass is 10.0. The van der Waals surface area contributed by atoms with Crippen LogP contribution in [0.2, 0.25) is 0 Å². The van der Waals surface area contributed by atoms with E-state index in [0.29, 0.717) is 6.42 Å². The highest BCUT2D eigenvalue weighted by Gasteiger charge is 2.13. The van der Waals surface area contributed by atoms with E-state index in [1.54, 1.807) is 19.1 Å². The van der Waals surface area contributed by atoms with Crippen molar-refractivity contribution in [3.05, 3.63) is 35.1 Å². The average Bonchev–Trinajstić information content (AvgIpc) is 2.17. The molecule has 1 aromatic rings. The van der Waals surface area contributed by atoms with Crippen LogP contribution >= 0.6 is 0 Å². The minimum Gasteiger partial charge on any atom is -0.388 e. The number of rotatable bonds is 2. The van der Waals surface area contributed by atoms with Gasteiger partial charge in [0, 0.05) is 5.56 Å². The molecule has 0 aliphatic carbocycles. The third-order valence-corrected chi connectivity index (χ3v) is 1.89. The van der Waals surface area contributed by atoms with Crippen LogP contribution in [0.25, 0.3) is 0 Å². The fourth-order valence-corrected chi connectivity index (χ4v) is 1.11. The molecule has 2 nitrogen and oxygen atoms in total. The number of aliphatic hydroxyl groups is 1. The number of nitrogens with zero attached hydrogens (tertiary/aromatic N) is 1. The van der Waals surface area contributed by atoms with Crippen LogP contribution in [-0.4, -0.2) is 5.11 Å². The maximum atomic E-state index is 13.3. The van der Waals surface area contributed by atoms with E-state index in [4.69, 9.17) is 5.26 Å².